The Balaban J connectivity index is 2.31. The van der Waals surface area contributed by atoms with E-state index in [-0.39, 0.29) is 0 Å². The zero-order chi connectivity index (χ0) is 11.5. The monoisotopic (exact) mass is 216 g/mol. The molecule has 2 rings (SSSR count). The van der Waals surface area contributed by atoms with Gasteiger partial charge in [0, 0.05) is 13.6 Å². The molecule has 0 aromatic carbocycles. The van der Waals surface area contributed by atoms with E-state index in [2.05, 4.69) is 21.4 Å². The van der Waals surface area contributed by atoms with Crippen molar-refractivity contribution in [2.24, 2.45) is 0 Å². The molecule has 0 atom stereocenters. The van der Waals surface area contributed by atoms with Crippen molar-refractivity contribution >= 4 is 11.5 Å². The van der Waals surface area contributed by atoms with Crippen molar-refractivity contribution in [2.45, 2.75) is 13.3 Å². The van der Waals surface area contributed by atoms with Gasteiger partial charge in [-0.2, -0.15) is 9.78 Å². The van der Waals surface area contributed by atoms with E-state index < -0.39 is 0 Å². The Morgan fingerprint density at radius 2 is 2.25 bits per heavy atom. The molecule has 6 heteroatoms. The third-order valence-corrected chi connectivity index (χ3v) is 2.35. The summed E-state index contributed by atoms with van der Waals surface area (Å²) in [6.07, 6.45) is 0.484. The Bertz CT molecular complexity index is 538. The lowest BCUT2D eigenvalue weighted by Crippen LogP contribution is -2.20. The van der Waals surface area contributed by atoms with Gasteiger partial charge in [0.25, 0.3) is 0 Å². The third kappa shape index (κ3) is 1.80. The Kier molecular flexibility index (Phi) is 2.68. The van der Waals surface area contributed by atoms with Gasteiger partial charge in [0.05, 0.1) is 12.5 Å². The normalized spacial score (nSPS) is 10.3. The maximum absolute atomic E-state index is 8.52. The van der Waals surface area contributed by atoms with E-state index >= 15 is 0 Å². The number of hydrogen-bond donors (Lipinski definition) is 0. The SMILES string of the molecule is Cc1nnc2ccc(N(C)CCC#N)nn12. The Hall–Kier alpha value is -2.16. The van der Waals surface area contributed by atoms with Gasteiger partial charge in [-0.1, -0.05) is 0 Å². The zero-order valence-electron chi connectivity index (χ0n) is 9.25. The summed E-state index contributed by atoms with van der Waals surface area (Å²) in [7, 11) is 1.91. The Labute approximate surface area is 93.1 Å². The molecule has 0 saturated carbocycles. The first-order valence-corrected chi connectivity index (χ1v) is 4.99. The van der Waals surface area contributed by atoms with Crippen LogP contribution in [0.4, 0.5) is 5.82 Å². The summed E-state index contributed by atoms with van der Waals surface area (Å²) in [4.78, 5) is 1.93. The molecule has 0 unspecified atom stereocenters. The van der Waals surface area contributed by atoms with Crippen molar-refractivity contribution < 1.29 is 0 Å². The fourth-order valence-corrected chi connectivity index (χ4v) is 1.42. The lowest BCUT2D eigenvalue weighted by molar-refractivity contribution is 0.817. The average Bonchev–Trinajstić information content (AvgIpc) is 2.67. The molecule has 0 spiro atoms. The average molecular weight is 216 g/mol. The molecule has 82 valence electrons. The summed E-state index contributed by atoms with van der Waals surface area (Å²) in [6.45, 7) is 2.52. The molecule has 16 heavy (non-hydrogen) atoms. The summed E-state index contributed by atoms with van der Waals surface area (Å²) in [5.41, 5.74) is 0.731. The first-order chi connectivity index (χ1) is 7.72. The van der Waals surface area contributed by atoms with E-state index in [9.17, 15) is 0 Å². The first-order valence-electron chi connectivity index (χ1n) is 4.99. The van der Waals surface area contributed by atoms with Gasteiger partial charge in [-0.25, -0.2) is 0 Å². The molecule has 6 nitrogen and oxygen atoms in total. The minimum atomic E-state index is 0.484. The lowest BCUT2D eigenvalue weighted by atomic mass is 10.4. The van der Waals surface area contributed by atoms with Gasteiger partial charge in [0.15, 0.2) is 11.5 Å². The van der Waals surface area contributed by atoms with Crippen molar-refractivity contribution in [1.29, 1.82) is 5.26 Å². The summed E-state index contributed by atoms with van der Waals surface area (Å²) in [5.74, 6) is 1.57. The second-order valence-corrected chi connectivity index (χ2v) is 3.54. The first kappa shape index (κ1) is 10.4. The van der Waals surface area contributed by atoms with Crippen molar-refractivity contribution in [1.82, 2.24) is 19.8 Å². The fourth-order valence-electron chi connectivity index (χ4n) is 1.42. The number of hydrogen-bond acceptors (Lipinski definition) is 5. The van der Waals surface area contributed by atoms with Crippen LogP contribution in [0.3, 0.4) is 0 Å². The van der Waals surface area contributed by atoms with Crippen LogP contribution >= 0.6 is 0 Å². The summed E-state index contributed by atoms with van der Waals surface area (Å²) in [6, 6.07) is 5.85. The maximum atomic E-state index is 8.52. The number of fused-ring (bicyclic) bond motifs is 1. The Morgan fingerprint density at radius 1 is 1.44 bits per heavy atom. The number of aromatic nitrogens is 4. The maximum Gasteiger partial charge on any atom is 0.178 e. The molecule has 0 fully saturated rings. The van der Waals surface area contributed by atoms with E-state index in [1.165, 1.54) is 0 Å². The minimum Gasteiger partial charge on any atom is -0.357 e. The summed E-state index contributed by atoms with van der Waals surface area (Å²) < 4.78 is 1.69. The van der Waals surface area contributed by atoms with E-state index in [1.54, 1.807) is 4.52 Å². The van der Waals surface area contributed by atoms with Gasteiger partial charge in [-0.15, -0.1) is 15.3 Å². The highest BCUT2D eigenvalue weighted by Gasteiger charge is 2.06. The molecule has 2 aromatic heterocycles. The van der Waals surface area contributed by atoms with E-state index in [1.807, 2.05) is 31.0 Å². The van der Waals surface area contributed by atoms with Crippen LogP contribution in [0.2, 0.25) is 0 Å². The molecule has 0 amide bonds. The van der Waals surface area contributed by atoms with Crippen LogP contribution < -0.4 is 4.90 Å². The molecule has 2 heterocycles. The highest BCUT2D eigenvalue weighted by Crippen LogP contribution is 2.10. The molecule has 0 bridgehead atoms. The molecule has 0 saturated heterocycles. The largest absolute Gasteiger partial charge is 0.357 e. The molecule has 0 N–H and O–H groups in total. The smallest absolute Gasteiger partial charge is 0.178 e. The quantitative estimate of drug-likeness (QED) is 0.758. The van der Waals surface area contributed by atoms with Crippen LogP contribution in [0.25, 0.3) is 5.65 Å². The van der Waals surface area contributed by atoms with Crippen LogP contribution in [0.15, 0.2) is 12.1 Å². The highest BCUT2D eigenvalue weighted by atomic mass is 15.4. The second-order valence-electron chi connectivity index (χ2n) is 3.54. The zero-order valence-corrected chi connectivity index (χ0v) is 9.25. The number of aryl methyl sites for hydroxylation is 1. The van der Waals surface area contributed by atoms with Crippen molar-refractivity contribution in [3.63, 3.8) is 0 Å². The predicted octanol–water partition coefficient (Wildman–Crippen LogP) is 0.783. The van der Waals surface area contributed by atoms with E-state index in [0.29, 0.717) is 13.0 Å². The van der Waals surface area contributed by atoms with Crippen LogP contribution in [-0.2, 0) is 0 Å². The molecule has 0 aliphatic rings. The standard InChI is InChI=1S/C10H12N6/c1-8-12-13-9-4-5-10(14-16(8)9)15(2)7-3-6-11/h4-5H,3,7H2,1-2H3. The number of anilines is 1. The van der Waals surface area contributed by atoms with E-state index in [0.717, 1.165) is 17.3 Å². The van der Waals surface area contributed by atoms with Crippen LogP contribution in [0, 0.1) is 18.3 Å². The molecule has 0 aliphatic carbocycles. The van der Waals surface area contributed by atoms with Gasteiger partial charge in [0.1, 0.15) is 5.82 Å². The van der Waals surface area contributed by atoms with Gasteiger partial charge in [-0.3, -0.25) is 0 Å². The second kappa shape index (κ2) is 4.14. The molecular weight excluding hydrogens is 204 g/mol. The third-order valence-electron chi connectivity index (χ3n) is 2.35. The highest BCUT2D eigenvalue weighted by molar-refractivity contribution is 5.45. The number of nitriles is 1. The van der Waals surface area contributed by atoms with Gasteiger partial charge < -0.3 is 4.90 Å². The molecule has 0 aliphatic heterocycles. The summed E-state index contributed by atoms with van der Waals surface area (Å²) >= 11 is 0. The fraction of sp³-hybridized carbons (Fsp3) is 0.400. The van der Waals surface area contributed by atoms with E-state index in [4.69, 9.17) is 5.26 Å². The van der Waals surface area contributed by atoms with Gasteiger partial charge >= 0.3 is 0 Å². The Morgan fingerprint density at radius 3 is 3.00 bits per heavy atom. The van der Waals surface area contributed by atoms with Crippen molar-refractivity contribution in [2.75, 3.05) is 18.5 Å². The van der Waals surface area contributed by atoms with Crippen LogP contribution in [-0.4, -0.2) is 33.4 Å². The topological polar surface area (TPSA) is 70.1 Å². The summed E-state index contributed by atoms with van der Waals surface area (Å²) in [5, 5.41) is 20.8. The molecule has 2 aromatic rings. The van der Waals surface area contributed by atoms with Gasteiger partial charge in [-0.05, 0) is 19.1 Å². The van der Waals surface area contributed by atoms with Crippen LogP contribution in [0.5, 0.6) is 0 Å². The predicted molar refractivity (Wildman–Crippen MR) is 59.0 cm³/mol. The van der Waals surface area contributed by atoms with Crippen LogP contribution in [0.1, 0.15) is 12.2 Å². The molecule has 0 radical (unpaired) electrons. The van der Waals surface area contributed by atoms with Gasteiger partial charge in [0.2, 0.25) is 0 Å². The lowest BCUT2D eigenvalue weighted by Gasteiger charge is -2.15. The van der Waals surface area contributed by atoms with Crippen molar-refractivity contribution in [3.8, 4) is 6.07 Å². The number of rotatable bonds is 3. The minimum absolute atomic E-state index is 0.484. The number of nitrogens with zero attached hydrogens (tertiary/aromatic N) is 6. The van der Waals surface area contributed by atoms with Crippen molar-refractivity contribution in [3.05, 3.63) is 18.0 Å². The molecular formula is C10H12N6.